The smallest absolute Gasteiger partial charge is 0.306 e. The lowest BCUT2D eigenvalue weighted by Crippen LogP contribution is -2.20. The quantitative estimate of drug-likeness (QED) is 0.501. The number of carbonyl (C=O) groups excluding carboxylic acids is 1. The van der Waals surface area contributed by atoms with Crippen molar-refractivity contribution in [1.29, 1.82) is 0 Å². The van der Waals surface area contributed by atoms with Crippen LogP contribution in [0.25, 0.3) is 0 Å². The first kappa shape index (κ1) is 7.06. The highest BCUT2D eigenvalue weighted by atomic mass is 16.7. The molecule has 0 amide bonds. The Balaban J connectivity index is 2.07. The zero-order chi connectivity index (χ0) is 7.84. The van der Waals surface area contributed by atoms with E-state index < -0.39 is 0 Å². The number of hydrogen-bond acceptors (Lipinski definition) is 4. The van der Waals surface area contributed by atoms with Crippen molar-refractivity contribution in [3.63, 3.8) is 0 Å². The van der Waals surface area contributed by atoms with Crippen LogP contribution >= 0.6 is 0 Å². The average Bonchev–Trinajstić information content (AvgIpc) is 2.45. The number of fused-ring (bicyclic) bond motifs is 1. The minimum Gasteiger partial charge on any atom is -0.459 e. The molecule has 4 heteroatoms. The highest BCUT2D eigenvalue weighted by Gasteiger charge is 2.46. The molecule has 2 aliphatic heterocycles. The van der Waals surface area contributed by atoms with Crippen molar-refractivity contribution >= 4 is 5.97 Å². The molecule has 0 aromatic rings. The summed E-state index contributed by atoms with van der Waals surface area (Å²) in [6.45, 7) is 0.481. The maximum absolute atomic E-state index is 10.8. The van der Waals surface area contributed by atoms with Crippen molar-refractivity contribution < 1.29 is 19.0 Å². The van der Waals surface area contributed by atoms with Gasteiger partial charge in [0.2, 0.25) is 0 Å². The molecule has 62 valence electrons. The van der Waals surface area contributed by atoms with Crippen LogP contribution in [-0.4, -0.2) is 32.1 Å². The molecule has 0 aromatic heterocycles. The first-order valence-corrected chi connectivity index (χ1v) is 3.65. The molecule has 3 atom stereocenters. The van der Waals surface area contributed by atoms with E-state index in [0.29, 0.717) is 13.0 Å². The van der Waals surface area contributed by atoms with Gasteiger partial charge in [0.05, 0.1) is 18.9 Å². The molecule has 2 saturated heterocycles. The second-order valence-corrected chi connectivity index (χ2v) is 2.83. The molecule has 11 heavy (non-hydrogen) atoms. The molecule has 2 rings (SSSR count). The molecule has 0 saturated carbocycles. The summed E-state index contributed by atoms with van der Waals surface area (Å²) in [7, 11) is 1.58. The lowest BCUT2D eigenvalue weighted by atomic mass is 10.0. The van der Waals surface area contributed by atoms with Gasteiger partial charge in [-0.1, -0.05) is 0 Å². The number of methoxy groups -OCH3 is 1. The van der Waals surface area contributed by atoms with Crippen LogP contribution in [0.1, 0.15) is 6.42 Å². The Kier molecular flexibility index (Phi) is 1.58. The first-order chi connectivity index (χ1) is 5.31. The van der Waals surface area contributed by atoms with Gasteiger partial charge in [-0.3, -0.25) is 4.79 Å². The van der Waals surface area contributed by atoms with Crippen LogP contribution in [0.5, 0.6) is 0 Å². The second kappa shape index (κ2) is 2.46. The highest BCUT2D eigenvalue weighted by molar-refractivity contribution is 5.72. The van der Waals surface area contributed by atoms with E-state index in [1.165, 1.54) is 0 Å². The SMILES string of the molecule is CO[C@@H]1OC[C@H]2OC(=O)C[C@H]12. The molecule has 0 aliphatic carbocycles. The summed E-state index contributed by atoms with van der Waals surface area (Å²) in [5.74, 6) is -0.0159. The van der Waals surface area contributed by atoms with E-state index in [0.717, 1.165) is 0 Å². The van der Waals surface area contributed by atoms with Crippen LogP contribution in [0.3, 0.4) is 0 Å². The molecule has 0 spiro atoms. The van der Waals surface area contributed by atoms with Crippen molar-refractivity contribution in [2.24, 2.45) is 5.92 Å². The van der Waals surface area contributed by atoms with Crippen LogP contribution in [0.15, 0.2) is 0 Å². The van der Waals surface area contributed by atoms with E-state index in [2.05, 4.69) is 0 Å². The predicted octanol–water partition coefficient (Wildman–Crippen LogP) is -0.0792. The molecule has 0 radical (unpaired) electrons. The summed E-state index contributed by atoms with van der Waals surface area (Å²) in [5, 5.41) is 0. The average molecular weight is 158 g/mol. The van der Waals surface area contributed by atoms with E-state index in [-0.39, 0.29) is 24.3 Å². The molecular weight excluding hydrogens is 148 g/mol. The number of rotatable bonds is 1. The summed E-state index contributed by atoms with van der Waals surface area (Å²) < 4.78 is 15.2. The van der Waals surface area contributed by atoms with Gasteiger partial charge in [-0.2, -0.15) is 0 Å². The van der Waals surface area contributed by atoms with Gasteiger partial charge in [0.1, 0.15) is 6.10 Å². The van der Waals surface area contributed by atoms with Gasteiger partial charge in [0, 0.05) is 7.11 Å². The zero-order valence-corrected chi connectivity index (χ0v) is 6.28. The van der Waals surface area contributed by atoms with Gasteiger partial charge >= 0.3 is 5.97 Å². The van der Waals surface area contributed by atoms with E-state index in [1.54, 1.807) is 7.11 Å². The van der Waals surface area contributed by atoms with Crippen molar-refractivity contribution in [3.05, 3.63) is 0 Å². The van der Waals surface area contributed by atoms with Gasteiger partial charge in [-0.15, -0.1) is 0 Å². The fraction of sp³-hybridized carbons (Fsp3) is 0.857. The summed E-state index contributed by atoms with van der Waals surface area (Å²) >= 11 is 0. The summed E-state index contributed by atoms with van der Waals surface area (Å²) in [6.07, 6.45) is 0.127. The van der Waals surface area contributed by atoms with E-state index >= 15 is 0 Å². The van der Waals surface area contributed by atoms with Crippen molar-refractivity contribution in [1.82, 2.24) is 0 Å². The third-order valence-electron chi connectivity index (χ3n) is 2.17. The fourth-order valence-electron chi connectivity index (χ4n) is 1.61. The Morgan fingerprint density at radius 2 is 2.45 bits per heavy atom. The minimum atomic E-state index is -0.244. The topological polar surface area (TPSA) is 44.8 Å². The van der Waals surface area contributed by atoms with Gasteiger partial charge in [-0.05, 0) is 0 Å². The Labute approximate surface area is 64.4 Å². The maximum atomic E-state index is 10.8. The van der Waals surface area contributed by atoms with Crippen LogP contribution in [0.4, 0.5) is 0 Å². The predicted molar refractivity (Wildman–Crippen MR) is 34.7 cm³/mol. The van der Waals surface area contributed by atoms with Crippen LogP contribution in [0, 0.1) is 5.92 Å². The van der Waals surface area contributed by atoms with E-state index in [1.807, 2.05) is 0 Å². The largest absolute Gasteiger partial charge is 0.459 e. The van der Waals surface area contributed by atoms with Crippen molar-refractivity contribution in [2.45, 2.75) is 18.8 Å². The van der Waals surface area contributed by atoms with Crippen LogP contribution in [-0.2, 0) is 19.0 Å². The molecular formula is C7H10O4. The second-order valence-electron chi connectivity index (χ2n) is 2.83. The molecule has 2 aliphatic rings. The maximum Gasteiger partial charge on any atom is 0.306 e. The van der Waals surface area contributed by atoms with Crippen molar-refractivity contribution in [3.8, 4) is 0 Å². The highest BCUT2D eigenvalue weighted by Crippen LogP contribution is 2.33. The first-order valence-electron chi connectivity index (χ1n) is 3.65. The number of ether oxygens (including phenoxy) is 3. The Hall–Kier alpha value is -0.610. The molecule has 0 bridgehead atoms. The summed E-state index contributed by atoms with van der Waals surface area (Å²) in [5.41, 5.74) is 0. The Morgan fingerprint density at radius 3 is 3.18 bits per heavy atom. The minimum absolute atomic E-state index is 0.0625. The normalized spacial score (nSPS) is 42.3. The zero-order valence-electron chi connectivity index (χ0n) is 6.28. The van der Waals surface area contributed by atoms with Crippen LogP contribution < -0.4 is 0 Å². The molecule has 0 aromatic carbocycles. The third kappa shape index (κ3) is 1.02. The Bertz CT molecular complexity index is 179. The summed E-state index contributed by atoms with van der Waals surface area (Å²) in [6, 6.07) is 0. The van der Waals surface area contributed by atoms with E-state index in [4.69, 9.17) is 14.2 Å². The van der Waals surface area contributed by atoms with Crippen LogP contribution in [0.2, 0.25) is 0 Å². The van der Waals surface area contributed by atoms with Crippen molar-refractivity contribution in [2.75, 3.05) is 13.7 Å². The molecule has 4 nitrogen and oxygen atoms in total. The lowest BCUT2D eigenvalue weighted by Gasteiger charge is -2.11. The van der Waals surface area contributed by atoms with Gasteiger partial charge in [-0.25, -0.2) is 0 Å². The molecule has 2 fully saturated rings. The standard InChI is InChI=1S/C7H10O4/c1-9-7-4-2-6(8)11-5(4)3-10-7/h4-5,7H,2-3H2,1H3/t4-,5+,7+/m0/s1. The lowest BCUT2D eigenvalue weighted by molar-refractivity contribution is -0.146. The van der Waals surface area contributed by atoms with Gasteiger partial charge in [0.15, 0.2) is 6.29 Å². The van der Waals surface area contributed by atoms with Gasteiger partial charge in [0.25, 0.3) is 0 Å². The van der Waals surface area contributed by atoms with E-state index in [9.17, 15) is 4.79 Å². The number of carbonyl (C=O) groups is 1. The molecule has 0 N–H and O–H groups in total. The summed E-state index contributed by atoms with van der Waals surface area (Å²) in [4.78, 5) is 10.8. The molecule has 0 unspecified atom stereocenters. The number of esters is 1. The third-order valence-corrected chi connectivity index (χ3v) is 2.17. The fourth-order valence-corrected chi connectivity index (χ4v) is 1.61. The Morgan fingerprint density at radius 1 is 1.64 bits per heavy atom. The van der Waals surface area contributed by atoms with Gasteiger partial charge < -0.3 is 14.2 Å². The number of hydrogen-bond donors (Lipinski definition) is 0. The molecule has 2 heterocycles. The monoisotopic (exact) mass is 158 g/mol.